The Balaban J connectivity index is 1.52. The van der Waals surface area contributed by atoms with E-state index in [0.29, 0.717) is 6.42 Å². The third-order valence-electron chi connectivity index (χ3n) is 7.51. The van der Waals surface area contributed by atoms with Crippen LogP contribution in [-0.4, -0.2) is 0 Å². The van der Waals surface area contributed by atoms with E-state index in [2.05, 4.69) is 26.0 Å². The zero-order valence-corrected chi connectivity index (χ0v) is 19.8. The maximum atomic E-state index is 14.7. The SMILES string of the molecule is CCCCCCCCCCc1c(F)cc(C2=CC=C(C3CCC(C)CC3)CC2)cc1F. The summed E-state index contributed by atoms with van der Waals surface area (Å²) in [4.78, 5) is 0. The van der Waals surface area contributed by atoms with Crippen LogP contribution in [0.3, 0.4) is 0 Å². The minimum absolute atomic E-state index is 0.277. The monoisotopic (exact) mass is 428 g/mol. The van der Waals surface area contributed by atoms with Gasteiger partial charge in [0, 0.05) is 5.56 Å². The molecule has 0 atom stereocenters. The predicted molar refractivity (Wildman–Crippen MR) is 129 cm³/mol. The molecule has 0 spiro atoms. The Morgan fingerprint density at radius 3 is 1.97 bits per heavy atom. The lowest BCUT2D eigenvalue weighted by atomic mass is 9.76. The second-order valence-corrected chi connectivity index (χ2v) is 10.0. The van der Waals surface area contributed by atoms with E-state index in [1.165, 1.54) is 64.2 Å². The summed E-state index contributed by atoms with van der Waals surface area (Å²) in [6, 6.07) is 3.13. The highest BCUT2D eigenvalue weighted by atomic mass is 19.1. The number of hydrogen-bond donors (Lipinski definition) is 0. The molecular weight excluding hydrogens is 386 g/mol. The average molecular weight is 429 g/mol. The van der Waals surface area contributed by atoms with E-state index in [1.54, 1.807) is 17.7 Å². The molecule has 0 amide bonds. The molecule has 1 aromatic rings. The van der Waals surface area contributed by atoms with Gasteiger partial charge in [-0.25, -0.2) is 8.78 Å². The van der Waals surface area contributed by atoms with Gasteiger partial charge in [-0.15, -0.1) is 0 Å². The number of rotatable bonds is 11. The van der Waals surface area contributed by atoms with Crippen molar-refractivity contribution >= 4 is 5.57 Å². The molecule has 3 rings (SSSR count). The van der Waals surface area contributed by atoms with Crippen molar-refractivity contribution in [2.45, 2.75) is 110 Å². The Bertz CT molecular complexity index is 727. The van der Waals surface area contributed by atoms with Crippen LogP contribution in [0.4, 0.5) is 8.78 Å². The van der Waals surface area contributed by atoms with Gasteiger partial charge in [0.05, 0.1) is 0 Å². The van der Waals surface area contributed by atoms with Crippen LogP contribution in [0.25, 0.3) is 5.57 Å². The highest BCUT2D eigenvalue weighted by molar-refractivity contribution is 5.69. The van der Waals surface area contributed by atoms with Crippen molar-refractivity contribution < 1.29 is 8.78 Å². The molecule has 31 heavy (non-hydrogen) atoms. The van der Waals surface area contributed by atoms with Crippen molar-refractivity contribution in [2.75, 3.05) is 0 Å². The summed E-state index contributed by atoms with van der Waals surface area (Å²) < 4.78 is 29.4. The fourth-order valence-corrected chi connectivity index (χ4v) is 5.33. The molecule has 0 radical (unpaired) electrons. The average Bonchev–Trinajstić information content (AvgIpc) is 2.77. The van der Waals surface area contributed by atoms with Gasteiger partial charge in [0.15, 0.2) is 0 Å². The number of allylic oxidation sites excluding steroid dienone is 4. The zero-order chi connectivity index (χ0) is 22.1. The van der Waals surface area contributed by atoms with Gasteiger partial charge in [0.1, 0.15) is 11.6 Å². The zero-order valence-electron chi connectivity index (χ0n) is 19.8. The van der Waals surface area contributed by atoms with Crippen molar-refractivity contribution in [3.05, 3.63) is 52.6 Å². The second kappa shape index (κ2) is 12.6. The quantitative estimate of drug-likeness (QED) is 0.308. The minimum atomic E-state index is -0.366. The Labute approximate surface area is 189 Å². The van der Waals surface area contributed by atoms with Crippen LogP contribution >= 0.6 is 0 Å². The summed E-state index contributed by atoms with van der Waals surface area (Å²) in [6.07, 6.45) is 21.6. The molecule has 1 saturated carbocycles. The molecule has 2 aliphatic carbocycles. The van der Waals surface area contributed by atoms with Gasteiger partial charge in [-0.05, 0) is 73.6 Å². The van der Waals surface area contributed by atoms with Gasteiger partial charge in [-0.3, -0.25) is 0 Å². The van der Waals surface area contributed by atoms with Gasteiger partial charge in [0.25, 0.3) is 0 Å². The smallest absolute Gasteiger partial charge is 0.129 e. The summed E-state index contributed by atoms with van der Waals surface area (Å²) in [5.74, 6) is 0.850. The Hall–Kier alpha value is -1.44. The van der Waals surface area contributed by atoms with Gasteiger partial charge in [0.2, 0.25) is 0 Å². The first-order valence-corrected chi connectivity index (χ1v) is 13.0. The molecule has 0 nitrogen and oxygen atoms in total. The normalized spacial score (nSPS) is 21.7. The van der Waals surface area contributed by atoms with Crippen molar-refractivity contribution in [2.24, 2.45) is 11.8 Å². The first kappa shape index (κ1) is 24.2. The van der Waals surface area contributed by atoms with Crippen LogP contribution in [0.5, 0.6) is 0 Å². The van der Waals surface area contributed by atoms with Gasteiger partial charge in [-0.2, -0.15) is 0 Å². The van der Waals surface area contributed by atoms with Crippen molar-refractivity contribution in [1.82, 2.24) is 0 Å². The van der Waals surface area contributed by atoms with Gasteiger partial charge >= 0.3 is 0 Å². The van der Waals surface area contributed by atoms with E-state index in [-0.39, 0.29) is 17.2 Å². The molecule has 0 heterocycles. The molecule has 0 saturated heterocycles. The molecule has 0 unspecified atom stereocenters. The number of halogens is 2. The van der Waals surface area contributed by atoms with Crippen molar-refractivity contribution in [3.63, 3.8) is 0 Å². The highest BCUT2D eigenvalue weighted by Gasteiger charge is 2.23. The summed E-state index contributed by atoms with van der Waals surface area (Å²) in [5.41, 5.74) is 3.62. The van der Waals surface area contributed by atoms with E-state index < -0.39 is 0 Å². The lowest BCUT2D eigenvalue weighted by Crippen LogP contribution is -2.15. The molecule has 0 N–H and O–H groups in total. The number of benzene rings is 1. The molecule has 2 aliphatic rings. The van der Waals surface area contributed by atoms with Gasteiger partial charge < -0.3 is 0 Å². The van der Waals surface area contributed by atoms with E-state index in [1.807, 2.05) is 0 Å². The van der Waals surface area contributed by atoms with Crippen LogP contribution in [0, 0.1) is 23.5 Å². The Morgan fingerprint density at radius 1 is 0.774 bits per heavy atom. The topological polar surface area (TPSA) is 0 Å². The predicted octanol–water partition coefficient (Wildman–Crippen LogP) is 9.58. The highest BCUT2D eigenvalue weighted by Crippen LogP contribution is 2.38. The molecular formula is C29H42F2. The summed E-state index contributed by atoms with van der Waals surface area (Å²) in [7, 11) is 0. The number of unbranched alkanes of at least 4 members (excludes halogenated alkanes) is 7. The van der Waals surface area contributed by atoms with Crippen LogP contribution in [0.2, 0.25) is 0 Å². The van der Waals surface area contributed by atoms with Crippen LogP contribution in [0.1, 0.15) is 115 Å². The lowest BCUT2D eigenvalue weighted by molar-refractivity contribution is 0.316. The van der Waals surface area contributed by atoms with E-state index in [9.17, 15) is 8.78 Å². The molecule has 0 bridgehead atoms. The van der Waals surface area contributed by atoms with Gasteiger partial charge in [-0.1, -0.05) is 89.4 Å². The van der Waals surface area contributed by atoms with E-state index in [0.717, 1.165) is 48.7 Å². The molecule has 2 heteroatoms. The van der Waals surface area contributed by atoms with E-state index in [4.69, 9.17) is 0 Å². The van der Waals surface area contributed by atoms with E-state index >= 15 is 0 Å². The maximum absolute atomic E-state index is 14.7. The van der Waals surface area contributed by atoms with Crippen molar-refractivity contribution in [3.8, 4) is 0 Å². The molecule has 0 aromatic heterocycles. The summed E-state index contributed by atoms with van der Waals surface area (Å²) >= 11 is 0. The molecule has 1 fully saturated rings. The fourth-order valence-electron chi connectivity index (χ4n) is 5.33. The maximum Gasteiger partial charge on any atom is 0.129 e. The standard InChI is InChI=1S/C29H42F2/c1-3-4-5-6-7-8-9-10-11-27-28(30)20-26(21-29(27)31)25-18-16-24(17-19-25)23-14-12-22(2)13-15-23/h16,18,20-23H,3-15,17,19H2,1-2H3. The fraction of sp³-hybridized carbons (Fsp3) is 0.655. The molecule has 172 valence electrons. The largest absolute Gasteiger partial charge is 0.207 e. The Morgan fingerprint density at radius 2 is 1.39 bits per heavy atom. The summed E-state index contributed by atoms with van der Waals surface area (Å²) in [6.45, 7) is 4.58. The number of hydrogen-bond acceptors (Lipinski definition) is 0. The lowest BCUT2D eigenvalue weighted by Gasteiger charge is -2.29. The molecule has 1 aromatic carbocycles. The third-order valence-corrected chi connectivity index (χ3v) is 7.51. The second-order valence-electron chi connectivity index (χ2n) is 10.0. The summed E-state index contributed by atoms with van der Waals surface area (Å²) in [5, 5.41) is 0. The first-order chi connectivity index (χ1) is 15.1. The first-order valence-electron chi connectivity index (χ1n) is 13.0. The van der Waals surface area contributed by atoms with Crippen LogP contribution in [0.15, 0.2) is 29.9 Å². The Kier molecular flexibility index (Phi) is 9.81. The minimum Gasteiger partial charge on any atom is -0.207 e. The van der Waals surface area contributed by atoms with Crippen LogP contribution < -0.4 is 0 Å². The van der Waals surface area contributed by atoms with Crippen LogP contribution in [-0.2, 0) is 6.42 Å². The third kappa shape index (κ3) is 7.29. The van der Waals surface area contributed by atoms with Crippen molar-refractivity contribution in [1.29, 1.82) is 0 Å². The molecule has 0 aliphatic heterocycles.